The first-order valence-electron chi connectivity index (χ1n) is 13.1. The van der Waals surface area contributed by atoms with Gasteiger partial charge >= 0.3 is 0 Å². The normalized spacial score (nSPS) is 20.9. The van der Waals surface area contributed by atoms with E-state index >= 15 is 4.39 Å². The van der Waals surface area contributed by atoms with E-state index in [1.165, 1.54) is 0 Å². The molecule has 0 radical (unpaired) electrons. The summed E-state index contributed by atoms with van der Waals surface area (Å²) in [5, 5.41) is 20.6. The zero-order chi connectivity index (χ0) is 26.8. The van der Waals surface area contributed by atoms with Crippen LogP contribution in [0.25, 0.3) is 22.6 Å². The van der Waals surface area contributed by atoms with Crippen molar-refractivity contribution >= 4 is 17.4 Å². The smallest absolute Gasteiger partial charge is 0.162 e. The van der Waals surface area contributed by atoms with Crippen LogP contribution in [0.1, 0.15) is 30.7 Å². The second kappa shape index (κ2) is 11.5. The monoisotopic (exact) mass is 544 g/mol. The highest BCUT2D eigenvalue weighted by Crippen LogP contribution is 2.38. The van der Waals surface area contributed by atoms with Gasteiger partial charge in [0.15, 0.2) is 5.82 Å². The van der Waals surface area contributed by atoms with Gasteiger partial charge in [-0.15, -0.1) is 0 Å². The number of aromatic nitrogens is 3. The Morgan fingerprint density at radius 3 is 2.76 bits per heavy atom. The topological polar surface area (TPSA) is 109 Å². The highest BCUT2D eigenvalue weighted by molar-refractivity contribution is 6.35. The van der Waals surface area contributed by atoms with Crippen molar-refractivity contribution in [2.75, 3.05) is 38.6 Å². The summed E-state index contributed by atoms with van der Waals surface area (Å²) in [5.74, 6) is 1.92. The summed E-state index contributed by atoms with van der Waals surface area (Å²) < 4.78 is 26.4. The van der Waals surface area contributed by atoms with E-state index in [1.54, 1.807) is 20.0 Å². The fraction of sp³-hybridized carbons (Fsp3) is 0.519. The molecule has 1 saturated carbocycles. The van der Waals surface area contributed by atoms with Crippen molar-refractivity contribution in [1.29, 1.82) is 0 Å². The molecule has 3 aromatic rings. The Morgan fingerprint density at radius 2 is 2.08 bits per heavy atom. The Labute approximate surface area is 226 Å². The Morgan fingerprint density at radius 1 is 1.26 bits per heavy atom. The van der Waals surface area contributed by atoms with Gasteiger partial charge < -0.3 is 25.0 Å². The molecule has 0 amide bonds. The second-order valence-electron chi connectivity index (χ2n) is 10.1. The van der Waals surface area contributed by atoms with E-state index in [0.717, 1.165) is 19.4 Å². The number of likely N-dealkylation sites (tertiary alicyclic amines) is 1. The second-order valence-corrected chi connectivity index (χ2v) is 10.5. The number of likely N-dealkylation sites (N-methyl/N-ethyl adjacent to an activating group) is 1. The number of anilines is 1. The molecular weight excluding hydrogens is 511 g/mol. The number of ether oxygens (including phenoxy) is 1. The summed E-state index contributed by atoms with van der Waals surface area (Å²) in [6, 6.07) is 7.44. The first-order valence-corrected chi connectivity index (χ1v) is 13.4. The number of aryl methyl sites for hydroxylation is 2. The minimum Gasteiger partial charge on any atom is -0.491 e. The van der Waals surface area contributed by atoms with Gasteiger partial charge in [0.05, 0.1) is 17.3 Å². The van der Waals surface area contributed by atoms with Gasteiger partial charge in [-0.3, -0.25) is 4.90 Å². The Bertz CT molecular complexity index is 1250. The van der Waals surface area contributed by atoms with Crippen LogP contribution >= 0.6 is 11.6 Å². The molecule has 3 N–H and O–H groups in total. The standard InChI is InChI=1S/C27H34ClFN6O3/c1-15-23(16(2)38-34-15)25-24(28)27(31-22-9-10-35(13-21(22)29)18-7-8-18)33-26(32-25)17-5-4-6-20(11-17)37-14-19(36)12-30-3/h4-6,11,18-19,21-22,30,36H,7-10,12-14H2,1-3H3,(H,31,32,33). The quantitative estimate of drug-likeness (QED) is 0.349. The number of rotatable bonds is 10. The van der Waals surface area contributed by atoms with Crippen LogP contribution in [-0.2, 0) is 0 Å². The van der Waals surface area contributed by atoms with E-state index in [2.05, 4.69) is 20.7 Å². The predicted octanol–water partition coefficient (Wildman–Crippen LogP) is 4.01. The summed E-state index contributed by atoms with van der Waals surface area (Å²) in [5.41, 5.74) is 2.50. The third-order valence-corrected chi connectivity index (χ3v) is 7.41. The van der Waals surface area contributed by atoms with Gasteiger partial charge in [-0.1, -0.05) is 28.9 Å². The molecule has 3 atom stereocenters. The Hall–Kier alpha value is -2.79. The molecule has 204 valence electrons. The van der Waals surface area contributed by atoms with Crippen LogP contribution in [-0.4, -0.2) is 82.8 Å². The van der Waals surface area contributed by atoms with Crippen molar-refractivity contribution in [1.82, 2.24) is 25.3 Å². The largest absolute Gasteiger partial charge is 0.491 e. The number of aliphatic hydroxyl groups is 1. The number of alkyl halides is 1. The lowest BCUT2D eigenvalue weighted by Gasteiger charge is -2.35. The number of nitrogens with one attached hydrogen (secondary N) is 2. The van der Waals surface area contributed by atoms with Gasteiger partial charge in [0.2, 0.25) is 0 Å². The van der Waals surface area contributed by atoms with Crippen molar-refractivity contribution in [2.24, 2.45) is 0 Å². The van der Waals surface area contributed by atoms with Gasteiger partial charge in [-0.25, -0.2) is 14.4 Å². The van der Waals surface area contributed by atoms with Crippen LogP contribution in [0.3, 0.4) is 0 Å². The maximum atomic E-state index is 15.2. The summed E-state index contributed by atoms with van der Waals surface area (Å²) in [6.07, 6.45) is 1.29. The third kappa shape index (κ3) is 5.93. The Balaban J connectivity index is 1.47. The number of nitrogens with zero attached hydrogens (tertiary/aromatic N) is 4. The molecule has 3 heterocycles. The fourth-order valence-corrected chi connectivity index (χ4v) is 5.14. The van der Waals surface area contributed by atoms with Crippen LogP contribution in [0.4, 0.5) is 10.2 Å². The molecule has 5 rings (SSSR count). The van der Waals surface area contributed by atoms with E-state index < -0.39 is 18.3 Å². The van der Waals surface area contributed by atoms with Crippen LogP contribution < -0.4 is 15.4 Å². The number of aliphatic hydroxyl groups excluding tert-OH is 1. The molecule has 3 unspecified atom stereocenters. The van der Waals surface area contributed by atoms with Crippen LogP contribution in [0.15, 0.2) is 28.8 Å². The van der Waals surface area contributed by atoms with Crippen LogP contribution in [0.2, 0.25) is 5.02 Å². The molecule has 0 bridgehead atoms. The first-order chi connectivity index (χ1) is 18.3. The number of hydrogen-bond donors (Lipinski definition) is 3. The molecule has 2 aliphatic rings. The van der Waals surface area contributed by atoms with Crippen LogP contribution in [0, 0.1) is 13.8 Å². The van der Waals surface area contributed by atoms with E-state index in [4.69, 9.17) is 30.8 Å². The first kappa shape index (κ1) is 26.8. The molecule has 9 nitrogen and oxygen atoms in total. The molecule has 38 heavy (non-hydrogen) atoms. The molecule has 1 aromatic carbocycles. The number of halogens is 2. The highest BCUT2D eigenvalue weighted by atomic mass is 35.5. The molecule has 1 aliphatic heterocycles. The molecule has 1 aliphatic carbocycles. The van der Waals surface area contributed by atoms with Crippen molar-refractivity contribution < 1.29 is 18.8 Å². The zero-order valence-corrected chi connectivity index (χ0v) is 22.6. The molecular formula is C27H34ClFN6O3. The molecule has 0 spiro atoms. The predicted molar refractivity (Wildman–Crippen MR) is 144 cm³/mol. The summed E-state index contributed by atoms with van der Waals surface area (Å²) in [7, 11) is 1.77. The maximum Gasteiger partial charge on any atom is 0.162 e. The van der Waals surface area contributed by atoms with Crippen molar-refractivity contribution in [3.63, 3.8) is 0 Å². The van der Waals surface area contributed by atoms with E-state index in [1.807, 2.05) is 25.1 Å². The van der Waals surface area contributed by atoms with E-state index in [9.17, 15) is 5.11 Å². The van der Waals surface area contributed by atoms with Gasteiger partial charge in [-0.05, 0) is 52.3 Å². The lowest BCUT2D eigenvalue weighted by Crippen LogP contribution is -2.48. The van der Waals surface area contributed by atoms with Crippen molar-refractivity contribution in [2.45, 2.75) is 57.5 Å². The van der Waals surface area contributed by atoms with Crippen molar-refractivity contribution in [3.05, 3.63) is 40.7 Å². The van der Waals surface area contributed by atoms with Gasteiger partial charge in [0, 0.05) is 31.2 Å². The average Bonchev–Trinajstić information content (AvgIpc) is 3.70. The summed E-state index contributed by atoms with van der Waals surface area (Å²) in [4.78, 5) is 11.8. The summed E-state index contributed by atoms with van der Waals surface area (Å²) >= 11 is 6.86. The van der Waals surface area contributed by atoms with E-state index in [-0.39, 0.29) is 6.61 Å². The highest BCUT2D eigenvalue weighted by Gasteiger charge is 2.37. The maximum absolute atomic E-state index is 15.2. The SMILES string of the molecule is CNCC(O)COc1cccc(-c2nc(NC3CCN(C4CC4)CC3F)c(Cl)c(-c3c(C)noc3C)n2)c1. The average molecular weight is 545 g/mol. The molecule has 11 heteroatoms. The summed E-state index contributed by atoms with van der Waals surface area (Å²) in [6.45, 7) is 5.44. The molecule has 2 fully saturated rings. The minimum absolute atomic E-state index is 0.139. The van der Waals surface area contributed by atoms with Gasteiger partial charge in [-0.2, -0.15) is 0 Å². The fourth-order valence-electron chi connectivity index (χ4n) is 4.91. The number of hydrogen-bond acceptors (Lipinski definition) is 9. The van der Waals surface area contributed by atoms with E-state index in [0.29, 0.717) is 76.2 Å². The lowest BCUT2D eigenvalue weighted by molar-refractivity contribution is 0.108. The molecule has 1 saturated heterocycles. The minimum atomic E-state index is -1.04. The van der Waals surface area contributed by atoms with Gasteiger partial charge in [0.25, 0.3) is 0 Å². The third-order valence-electron chi connectivity index (χ3n) is 7.05. The van der Waals surface area contributed by atoms with Crippen molar-refractivity contribution in [3.8, 4) is 28.4 Å². The molecule has 2 aromatic heterocycles. The number of benzene rings is 1. The van der Waals surface area contributed by atoms with Gasteiger partial charge in [0.1, 0.15) is 46.9 Å². The zero-order valence-electron chi connectivity index (χ0n) is 21.9. The van der Waals surface area contributed by atoms with Crippen LogP contribution in [0.5, 0.6) is 5.75 Å². The lowest BCUT2D eigenvalue weighted by atomic mass is 10.0. The number of piperidine rings is 1. The Kier molecular flexibility index (Phi) is 8.13.